The largest absolute Gasteiger partial charge is 0.463 e. The Kier molecular flexibility index (Phi) is 2.54. The molecule has 60 valence electrons. The molecule has 0 aliphatic carbocycles. The Morgan fingerprint density at radius 1 is 1.55 bits per heavy atom. The second kappa shape index (κ2) is 3.26. The molecule has 4 heteroatoms. The van der Waals surface area contributed by atoms with Crippen molar-refractivity contribution in [2.24, 2.45) is 5.73 Å². The standard InChI is InChI=1S/C7H7NOS.ClH/c8-4-5-3-6-7(10-5)1-2-9-6;/h1-3H,4,8H2;1H. The van der Waals surface area contributed by atoms with Gasteiger partial charge in [0.1, 0.15) is 5.58 Å². The lowest BCUT2D eigenvalue weighted by Crippen LogP contribution is -1.91. The van der Waals surface area contributed by atoms with Gasteiger partial charge in [-0.25, -0.2) is 0 Å². The Morgan fingerprint density at radius 3 is 3.00 bits per heavy atom. The molecule has 2 aromatic rings. The molecule has 0 aliphatic heterocycles. The van der Waals surface area contributed by atoms with Crippen molar-refractivity contribution in [1.29, 1.82) is 0 Å². The van der Waals surface area contributed by atoms with Crippen molar-refractivity contribution < 1.29 is 4.42 Å². The summed E-state index contributed by atoms with van der Waals surface area (Å²) in [5.41, 5.74) is 6.39. The van der Waals surface area contributed by atoms with E-state index in [9.17, 15) is 0 Å². The third-order valence-corrected chi connectivity index (χ3v) is 2.50. The van der Waals surface area contributed by atoms with Crippen LogP contribution < -0.4 is 5.73 Å². The molecule has 0 aliphatic rings. The molecular formula is C7H8ClNOS. The van der Waals surface area contributed by atoms with E-state index in [2.05, 4.69) is 0 Å². The Bertz CT molecular complexity index is 312. The third-order valence-electron chi connectivity index (χ3n) is 1.39. The quantitative estimate of drug-likeness (QED) is 0.748. The number of fused-ring (bicyclic) bond motifs is 1. The molecule has 2 nitrogen and oxygen atoms in total. The van der Waals surface area contributed by atoms with E-state index in [-0.39, 0.29) is 12.4 Å². The normalized spacial score (nSPS) is 9.91. The molecule has 0 bridgehead atoms. The van der Waals surface area contributed by atoms with Crippen molar-refractivity contribution in [3.63, 3.8) is 0 Å². The highest BCUT2D eigenvalue weighted by atomic mass is 35.5. The van der Waals surface area contributed by atoms with E-state index in [1.807, 2.05) is 12.1 Å². The minimum atomic E-state index is 0. The van der Waals surface area contributed by atoms with Crippen LogP contribution in [0.1, 0.15) is 4.88 Å². The van der Waals surface area contributed by atoms with Crippen molar-refractivity contribution in [3.05, 3.63) is 23.3 Å². The van der Waals surface area contributed by atoms with E-state index in [0.717, 1.165) is 5.58 Å². The lowest BCUT2D eigenvalue weighted by molar-refractivity contribution is 0.616. The highest BCUT2D eigenvalue weighted by molar-refractivity contribution is 7.18. The van der Waals surface area contributed by atoms with Gasteiger partial charge in [-0.05, 0) is 12.1 Å². The van der Waals surface area contributed by atoms with Gasteiger partial charge in [-0.1, -0.05) is 0 Å². The lowest BCUT2D eigenvalue weighted by Gasteiger charge is -1.80. The van der Waals surface area contributed by atoms with Crippen LogP contribution in [0.4, 0.5) is 0 Å². The van der Waals surface area contributed by atoms with Crippen molar-refractivity contribution in [2.45, 2.75) is 6.54 Å². The first kappa shape index (κ1) is 8.59. The molecule has 0 spiro atoms. The van der Waals surface area contributed by atoms with Crippen LogP contribution in [0.3, 0.4) is 0 Å². The summed E-state index contributed by atoms with van der Waals surface area (Å²) in [6, 6.07) is 3.94. The number of halogens is 1. The smallest absolute Gasteiger partial charge is 0.144 e. The van der Waals surface area contributed by atoms with Gasteiger partial charge in [-0.15, -0.1) is 23.7 Å². The maximum atomic E-state index is 5.44. The summed E-state index contributed by atoms with van der Waals surface area (Å²) in [5.74, 6) is 0. The summed E-state index contributed by atoms with van der Waals surface area (Å²) in [6.45, 7) is 0.606. The zero-order valence-corrected chi connectivity index (χ0v) is 7.37. The first-order chi connectivity index (χ1) is 4.90. The predicted octanol–water partition coefficient (Wildman–Crippen LogP) is 2.37. The van der Waals surface area contributed by atoms with Crippen molar-refractivity contribution in [3.8, 4) is 0 Å². The van der Waals surface area contributed by atoms with Gasteiger partial charge < -0.3 is 10.2 Å². The summed E-state index contributed by atoms with van der Waals surface area (Å²) in [7, 11) is 0. The van der Waals surface area contributed by atoms with Gasteiger partial charge in [0.05, 0.1) is 11.0 Å². The summed E-state index contributed by atoms with van der Waals surface area (Å²) >= 11 is 1.69. The molecule has 0 saturated carbocycles. The van der Waals surface area contributed by atoms with Crippen LogP contribution >= 0.6 is 23.7 Å². The molecule has 2 N–H and O–H groups in total. The van der Waals surface area contributed by atoms with Crippen molar-refractivity contribution in [1.82, 2.24) is 0 Å². The average Bonchev–Trinajstić information content (AvgIpc) is 2.42. The summed E-state index contributed by atoms with van der Waals surface area (Å²) < 4.78 is 6.34. The zero-order chi connectivity index (χ0) is 6.97. The van der Waals surface area contributed by atoms with Crippen LogP contribution in [0.15, 0.2) is 22.8 Å². The number of nitrogens with two attached hydrogens (primary N) is 1. The number of rotatable bonds is 1. The molecule has 0 fully saturated rings. The van der Waals surface area contributed by atoms with Crippen LogP contribution in [0.25, 0.3) is 10.3 Å². The van der Waals surface area contributed by atoms with Gasteiger partial charge in [0, 0.05) is 11.4 Å². The zero-order valence-electron chi connectivity index (χ0n) is 5.74. The maximum absolute atomic E-state index is 5.44. The molecule has 2 rings (SSSR count). The molecule has 2 aromatic heterocycles. The number of thiophene rings is 1. The van der Waals surface area contributed by atoms with E-state index in [1.165, 1.54) is 9.58 Å². The van der Waals surface area contributed by atoms with Gasteiger partial charge in [0.2, 0.25) is 0 Å². The second-order valence-corrected chi connectivity index (χ2v) is 3.23. The Hall–Kier alpha value is -0.510. The van der Waals surface area contributed by atoms with Crippen LogP contribution in [-0.4, -0.2) is 0 Å². The lowest BCUT2D eigenvalue weighted by atomic mass is 10.4. The Morgan fingerprint density at radius 2 is 2.36 bits per heavy atom. The fraction of sp³-hybridized carbons (Fsp3) is 0.143. The van der Waals surface area contributed by atoms with Gasteiger partial charge in [0.25, 0.3) is 0 Å². The number of hydrogen-bond donors (Lipinski definition) is 1. The van der Waals surface area contributed by atoms with E-state index in [0.29, 0.717) is 6.54 Å². The van der Waals surface area contributed by atoms with Gasteiger partial charge >= 0.3 is 0 Å². The molecule has 0 amide bonds. The van der Waals surface area contributed by atoms with E-state index in [1.54, 1.807) is 17.6 Å². The monoisotopic (exact) mass is 189 g/mol. The molecule has 2 heterocycles. The number of hydrogen-bond acceptors (Lipinski definition) is 3. The first-order valence-corrected chi connectivity index (χ1v) is 3.88. The topological polar surface area (TPSA) is 39.2 Å². The van der Waals surface area contributed by atoms with Crippen LogP contribution in [0.5, 0.6) is 0 Å². The minimum absolute atomic E-state index is 0. The fourth-order valence-corrected chi connectivity index (χ4v) is 1.78. The van der Waals surface area contributed by atoms with Crippen molar-refractivity contribution >= 4 is 34.0 Å². The van der Waals surface area contributed by atoms with Crippen LogP contribution in [0, 0.1) is 0 Å². The van der Waals surface area contributed by atoms with E-state index < -0.39 is 0 Å². The average molecular weight is 190 g/mol. The maximum Gasteiger partial charge on any atom is 0.144 e. The first-order valence-electron chi connectivity index (χ1n) is 3.06. The molecule has 0 unspecified atom stereocenters. The summed E-state index contributed by atoms with van der Waals surface area (Å²) in [4.78, 5) is 1.18. The molecule has 0 atom stereocenters. The van der Waals surface area contributed by atoms with E-state index >= 15 is 0 Å². The molecule has 0 aromatic carbocycles. The third kappa shape index (κ3) is 1.40. The second-order valence-electron chi connectivity index (χ2n) is 2.07. The summed E-state index contributed by atoms with van der Waals surface area (Å²) in [6.07, 6.45) is 1.70. The molecule has 11 heavy (non-hydrogen) atoms. The highest BCUT2D eigenvalue weighted by Gasteiger charge is 2.00. The summed E-state index contributed by atoms with van der Waals surface area (Å²) in [5, 5.41) is 0. The fourth-order valence-electron chi connectivity index (χ4n) is 0.916. The van der Waals surface area contributed by atoms with E-state index in [4.69, 9.17) is 10.2 Å². The highest BCUT2D eigenvalue weighted by Crippen LogP contribution is 2.25. The minimum Gasteiger partial charge on any atom is -0.463 e. The Labute approximate surface area is 74.4 Å². The predicted molar refractivity (Wildman–Crippen MR) is 49.2 cm³/mol. The van der Waals surface area contributed by atoms with Crippen LogP contribution in [-0.2, 0) is 6.54 Å². The molecule has 0 radical (unpaired) electrons. The Balaban J connectivity index is 0.000000605. The van der Waals surface area contributed by atoms with Gasteiger partial charge in [0.15, 0.2) is 0 Å². The van der Waals surface area contributed by atoms with Gasteiger partial charge in [-0.2, -0.15) is 0 Å². The van der Waals surface area contributed by atoms with Crippen LogP contribution in [0.2, 0.25) is 0 Å². The molecule has 0 saturated heterocycles. The van der Waals surface area contributed by atoms with Crippen molar-refractivity contribution in [2.75, 3.05) is 0 Å². The van der Waals surface area contributed by atoms with Gasteiger partial charge in [-0.3, -0.25) is 0 Å². The molecular weight excluding hydrogens is 182 g/mol. The number of furan rings is 1. The SMILES string of the molecule is Cl.NCc1cc2occc2s1.